The maximum Gasteiger partial charge on any atom is 0.163 e. The number of nitrogens with zero attached hydrogens (tertiary/aromatic N) is 2. The van der Waals surface area contributed by atoms with Gasteiger partial charge in [0.2, 0.25) is 0 Å². The summed E-state index contributed by atoms with van der Waals surface area (Å²) < 4.78 is 6.51. The third-order valence-corrected chi connectivity index (χ3v) is 2.11. The van der Waals surface area contributed by atoms with Crippen molar-refractivity contribution in [3.8, 4) is 11.5 Å². The van der Waals surface area contributed by atoms with Crippen LogP contribution in [0.2, 0.25) is 0 Å². The van der Waals surface area contributed by atoms with Crippen molar-refractivity contribution >= 4 is 15.9 Å². The van der Waals surface area contributed by atoms with Crippen LogP contribution in [0.5, 0.6) is 11.5 Å². The molecule has 0 radical (unpaired) electrons. The van der Waals surface area contributed by atoms with Gasteiger partial charge < -0.3 is 4.74 Å². The van der Waals surface area contributed by atoms with Crippen LogP contribution in [0.4, 0.5) is 0 Å². The zero-order valence-electron chi connectivity index (χ0n) is 7.22. The third-order valence-electron chi connectivity index (χ3n) is 1.59. The lowest BCUT2D eigenvalue weighted by Gasteiger charge is -2.03. The minimum absolute atomic E-state index is 0.634. The molecule has 2 aromatic rings. The second kappa shape index (κ2) is 4.19. The first-order chi connectivity index (χ1) is 6.84. The normalized spacial score (nSPS) is 9.79. The number of hydrogen-bond donors (Lipinski definition) is 0. The number of benzene rings is 1. The molecule has 0 aliphatic heterocycles. The van der Waals surface area contributed by atoms with Crippen molar-refractivity contribution in [2.24, 2.45) is 0 Å². The molecule has 4 heteroatoms. The minimum atomic E-state index is 0.634. The van der Waals surface area contributed by atoms with Gasteiger partial charge in [-0.15, -0.1) is 0 Å². The van der Waals surface area contributed by atoms with Crippen LogP contribution >= 0.6 is 15.9 Å². The molecule has 14 heavy (non-hydrogen) atoms. The molecule has 70 valence electrons. The molecule has 2 rings (SSSR count). The second-order valence-electron chi connectivity index (χ2n) is 2.63. The Kier molecular flexibility index (Phi) is 2.74. The monoisotopic (exact) mass is 250 g/mol. The van der Waals surface area contributed by atoms with E-state index < -0.39 is 0 Å². The van der Waals surface area contributed by atoms with Gasteiger partial charge in [0.15, 0.2) is 5.75 Å². The summed E-state index contributed by atoms with van der Waals surface area (Å²) in [5.74, 6) is 1.40. The molecular formula is C10H7BrN2O. The Labute approximate surface area is 89.9 Å². The lowest BCUT2D eigenvalue weighted by Crippen LogP contribution is -1.85. The Bertz CT molecular complexity index is 402. The van der Waals surface area contributed by atoms with E-state index in [0.29, 0.717) is 5.75 Å². The summed E-state index contributed by atoms with van der Waals surface area (Å²) in [6, 6.07) is 7.58. The Morgan fingerprint density at radius 3 is 2.21 bits per heavy atom. The molecule has 0 aliphatic rings. The molecule has 1 aromatic carbocycles. The lowest BCUT2D eigenvalue weighted by atomic mass is 10.3. The van der Waals surface area contributed by atoms with Crippen molar-refractivity contribution in [1.29, 1.82) is 0 Å². The number of halogens is 1. The Morgan fingerprint density at radius 2 is 1.57 bits per heavy atom. The molecule has 0 fully saturated rings. The standard InChI is InChI=1S/C10H7BrN2O/c11-8-1-3-9(4-2-8)14-10-5-12-7-13-6-10/h1-7H. The van der Waals surface area contributed by atoms with Crippen LogP contribution in [0.1, 0.15) is 0 Å². The first-order valence-corrected chi connectivity index (χ1v) is 4.82. The molecule has 0 N–H and O–H groups in total. The van der Waals surface area contributed by atoms with Crippen LogP contribution in [0.25, 0.3) is 0 Å². The predicted molar refractivity (Wildman–Crippen MR) is 56.2 cm³/mol. The van der Waals surface area contributed by atoms with Gasteiger partial charge in [0.1, 0.15) is 12.1 Å². The van der Waals surface area contributed by atoms with Crippen molar-refractivity contribution < 1.29 is 4.74 Å². The Balaban J connectivity index is 2.16. The van der Waals surface area contributed by atoms with Crippen molar-refractivity contribution in [3.63, 3.8) is 0 Å². The summed E-state index contributed by atoms with van der Waals surface area (Å²) in [5.41, 5.74) is 0. The highest BCUT2D eigenvalue weighted by atomic mass is 79.9. The molecular weight excluding hydrogens is 244 g/mol. The van der Waals surface area contributed by atoms with Gasteiger partial charge in [-0.05, 0) is 24.3 Å². The highest BCUT2D eigenvalue weighted by Crippen LogP contribution is 2.21. The van der Waals surface area contributed by atoms with Crippen LogP contribution in [-0.2, 0) is 0 Å². The summed E-state index contributed by atoms with van der Waals surface area (Å²) >= 11 is 3.35. The number of hydrogen-bond acceptors (Lipinski definition) is 3. The van der Waals surface area contributed by atoms with Crippen molar-refractivity contribution in [3.05, 3.63) is 47.5 Å². The van der Waals surface area contributed by atoms with E-state index in [0.717, 1.165) is 10.2 Å². The van der Waals surface area contributed by atoms with Gasteiger partial charge in [-0.3, -0.25) is 0 Å². The first-order valence-electron chi connectivity index (χ1n) is 4.03. The maximum atomic E-state index is 5.49. The molecule has 1 heterocycles. The predicted octanol–water partition coefficient (Wildman–Crippen LogP) is 3.03. The molecule has 0 bridgehead atoms. The van der Waals surface area contributed by atoms with Gasteiger partial charge in [0, 0.05) is 4.47 Å². The quantitative estimate of drug-likeness (QED) is 0.822. The van der Waals surface area contributed by atoms with E-state index >= 15 is 0 Å². The van der Waals surface area contributed by atoms with E-state index in [2.05, 4.69) is 25.9 Å². The summed E-state index contributed by atoms with van der Waals surface area (Å²) in [6.07, 6.45) is 4.71. The largest absolute Gasteiger partial charge is 0.454 e. The summed E-state index contributed by atoms with van der Waals surface area (Å²) in [4.78, 5) is 7.71. The van der Waals surface area contributed by atoms with Crippen LogP contribution < -0.4 is 4.74 Å². The van der Waals surface area contributed by atoms with Gasteiger partial charge in [-0.1, -0.05) is 15.9 Å². The SMILES string of the molecule is Brc1ccc(Oc2cncnc2)cc1. The average Bonchev–Trinajstić information content (AvgIpc) is 2.23. The fourth-order valence-electron chi connectivity index (χ4n) is 0.977. The zero-order chi connectivity index (χ0) is 9.80. The minimum Gasteiger partial charge on any atom is -0.454 e. The van der Waals surface area contributed by atoms with Crippen LogP contribution in [0.15, 0.2) is 47.5 Å². The average molecular weight is 251 g/mol. The van der Waals surface area contributed by atoms with Gasteiger partial charge in [-0.25, -0.2) is 9.97 Å². The van der Waals surface area contributed by atoms with E-state index in [1.54, 1.807) is 12.4 Å². The highest BCUT2D eigenvalue weighted by Gasteiger charge is 1.96. The molecule has 0 amide bonds. The molecule has 0 aliphatic carbocycles. The third kappa shape index (κ3) is 2.29. The molecule has 0 atom stereocenters. The molecule has 0 saturated carbocycles. The topological polar surface area (TPSA) is 35.0 Å². The fourth-order valence-corrected chi connectivity index (χ4v) is 1.24. The van der Waals surface area contributed by atoms with E-state index in [1.807, 2.05) is 24.3 Å². The maximum absolute atomic E-state index is 5.49. The highest BCUT2D eigenvalue weighted by molar-refractivity contribution is 9.10. The summed E-state index contributed by atoms with van der Waals surface area (Å²) in [6.45, 7) is 0. The van der Waals surface area contributed by atoms with E-state index in [4.69, 9.17) is 4.74 Å². The van der Waals surface area contributed by atoms with Crippen molar-refractivity contribution in [1.82, 2.24) is 9.97 Å². The molecule has 0 spiro atoms. The zero-order valence-corrected chi connectivity index (χ0v) is 8.81. The molecule has 3 nitrogen and oxygen atoms in total. The number of aromatic nitrogens is 2. The van der Waals surface area contributed by atoms with Gasteiger partial charge in [0.25, 0.3) is 0 Å². The number of rotatable bonds is 2. The van der Waals surface area contributed by atoms with E-state index in [1.165, 1.54) is 6.33 Å². The fraction of sp³-hybridized carbons (Fsp3) is 0. The van der Waals surface area contributed by atoms with Gasteiger partial charge in [0.05, 0.1) is 12.4 Å². The van der Waals surface area contributed by atoms with Gasteiger partial charge >= 0.3 is 0 Å². The molecule has 1 aromatic heterocycles. The second-order valence-corrected chi connectivity index (χ2v) is 3.55. The van der Waals surface area contributed by atoms with Crippen LogP contribution in [-0.4, -0.2) is 9.97 Å². The first kappa shape index (κ1) is 9.15. The van der Waals surface area contributed by atoms with Crippen LogP contribution in [0.3, 0.4) is 0 Å². The lowest BCUT2D eigenvalue weighted by molar-refractivity contribution is 0.477. The molecule has 0 unspecified atom stereocenters. The van der Waals surface area contributed by atoms with E-state index in [9.17, 15) is 0 Å². The smallest absolute Gasteiger partial charge is 0.163 e. The Morgan fingerprint density at radius 1 is 0.929 bits per heavy atom. The van der Waals surface area contributed by atoms with Crippen LogP contribution in [0, 0.1) is 0 Å². The van der Waals surface area contributed by atoms with Gasteiger partial charge in [-0.2, -0.15) is 0 Å². The van der Waals surface area contributed by atoms with Crippen molar-refractivity contribution in [2.75, 3.05) is 0 Å². The summed E-state index contributed by atoms with van der Waals surface area (Å²) in [5, 5.41) is 0. The van der Waals surface area contributed by atoms with Crippen molar-refractivity contribution in [2.45, 2.75) is 0 Å². The molecule has 0 saturated heterocycles. The summed E-state index contributed by atoms with van der Waals surface area (Å²) in [7, 11) is 0. The Hall–Kier alpha value is -1.42. The van der Waals surface area contributed by atoms with E-state index in [-0.39, 0.29) is 0 Å². The number of ether oxygens (including phenoxy) is 1.